The Bertz CT molecular complexity index is 427. The number of hydrogen-bond acceptors (Lipinski definition) is 4. The zero-order chi connectivity index (χ0) is 13.0. The van der Waals surface area contributed by atoms with Crippen LogP contribution < -0.4 is 10.6 Å². The second-order valence-corrected chi connectivity index (χ2v) is 3.79. The van der Waals surface area contributed by atoms with Crippen molar-refractivity contribution in [3.8, 4) is 0 Å². The minimum absolute atomic E-state index is 0.100. The standard InChI is InChI=1S/C10H16N4O3/c1-7(11-2)6-12-10(15)8-4-5-9(13(8)3)14(16)17/h4-5,7,11H,6H2,1-3H3,(H,12,15). The maximum absolute atomic E-state index is 11.7. The topological polar surface area (TPSA) is 89.2 Å². The highest BCUT2D eigenvalue weighted by Gasteiger charge is 2.20. The molecule has 1 amide bonds. The molecule has 0 aliphatic carbocycles. The molecule has 17 heavy (non-hydrogen) atoms. The Hall–Kier alpha value is -1.89. The molecule has 0 saturated heterocycles. The molecule has 0 aromatic carbocycles. The lowest BCUT2D eigenvalue weighted by Crippen LogP contribution is -2.37. The van der Waals surface area contributed by atoms with E-state index in [1.54, 1.807) is 7.05 Å². The second kappa shape index (κ2) is 5.44. The average Bonchev–Trinajstić information content (AvgIpc) is 2.67. The highest BCUT2D eigenvalue weighted by Crippen LogP contribution is 2.14. The molecule has 1 aromatic heterocycles. The molecule has 1 rings (SSSR count). The number of nitro groups is 1. The maximum Gasteiger partial charge on any atom is 0.323 e. The van der Waals surface area contributed by atoms with E-state index in [2.05, 4.69) is 10.6 Å². The van der Waals surface area contributed by atoms with Gasteiger partial charge in [0.25, 0.3) is 5.91 Å². The van der Waals surface area contributed by atoms with Crippen LogP contribution in [0.4, 0.5) is 5.82 Å². The number of nitrogens with one attached hydrogen (secondary N) is 2. The highest BCUT2D eigenvalue weighted by molar-refractivity contribution is 5.93. The van der Waals surface area contributed by atoms with Gasteiger partial charge in [-0.2, -0.15) is 0 Å². The summed E-state index contributed by atoms with van der Waals surface area (Å²) < 4.78 is 1.26. The molecule has 1 heterocycles. The van der Waals surface area contributed by atoms with Gasteiger partial charge in [0.1, 0.15) is 0 Å². The van der Waals surface area contributed by atoms with Gasteiger partial charge in [-0.1, -0.05) is 0 Å². The quantitative estimate of drug-likeness (QED) is 0.571. The van der Waals surface area contributed by atoms with Crippen LogP contribution in [0.1, 0.15) is 17.4 Å². The van der Waals surface area contributed by atoms with Gasteiger partial charge in [-0.3, -0.25) is 4.79 Å². The van der Waals surface area contributed by atoms with E-state index in [9.17, 15) is 14.9 Å². The van der Waals surface area contributed by atoms with E-state index in [1.165, 1.54) is 23.7 Å². The van der Waals surface area contributed by atoms with Crippen LogP contribution in [0.25, 0.3) is 0 Å². The van der Waals surface area contributed by atoms with Crippen LogP contribution in [0.2, 0.25) is 0 Å². The summed E-state index contributed by atoms with van der Waals surface area (Å²) in [5, 5.41) is 16.3. The van der Waals surface area contributed by atoms with Crippen LogP contribution in [0.3, 0.4) is 0 Å². The van der Waals surface area contributed by atoms with Crippen molar-refractivity contribution in [2.24, 2.45) is 7.05 Å². The van der Waals surface area contributed by atoms with Crippen molar-refractivity contribution in [1.82, 2.24) is 15.2 Å². The van der Waals surface area contributed by atoms with Gasteiger partial charge in [-0.25, -0.2) is 4.57 Å². The zero-order valence-corrected chi connectivity index (χ0v) is 10.1. The van der Waals surface area contributed by atoms with Crippen LogP contribution in [0.15, 0.2) is 12.1 Å². The molecule has 0 aliphatic heterocycles. The van der Waals surface area contributed by atoms with Crippen LogP contribution in [0, 0.1) is 10.1 Å². The number of likely N-dealkylation sites (N-methyl/N-ethyl adjacent to an activating group) is 1. The fourth-order valence-corrected chi connectivity index (χ4v) is 1.35. The van der Waals surface area contributed by atoms with E-state index in [0.717, 1.165) is 0 Å². The summed E-state index contributed by atoms with van der Waals surface area (Å²) in [6, 6.07) is 2.91. The number of amides is 1. The van der Waals surface area contributed by atoms with Crippen molar-refractivity contribution in [2.45, 2.75) is 13.0 Å². The molecule has 7 heteroatoms. The Morgan fingerprint density at radius 1 is 1.59 bits per heavy atom. The summed E-state index contributed by atoms with van der Waals surface area (Å²) in [7, 11) is 3.29. The van der Waals surface area contributed by atoms with Crippen LogP contribution >= 0.6 is 0 Å². The molecule has 0 saturated carbocycles. The monoisotopic (exact) mass is 240 g/mol. The lowest BCUT2D eigenvalue weighted by molar-refractivity contribution is -0.391. The Labute approximate surface area is 99.0 Å². The Balaban J connectivity index is 2.73. The van der Waals surface area contributed by atoms with Gasteiger partial charge in [0.05, 0.1) is 7.05 Å². The van der Waals surface area contributed by atoms with Gasteiger partial charge in [0.2, 0.25) is 0 Å². The lowest BCUT2D eigenvalue weighted by Gasteiger charge is -2.10. The Morgan fingerprint density at radius 2 is 2.24 bits per heavy atom. The van der Waals surface area contributed by atoms with Gasteiger partial charge in [0.15, 0.2) is 5.69 Å². The van der Waals surface area contributed by atoms with Crippen molar-refractivity contribution in [2.75, 3.05) is 13.6 Å². The lowest BCUT2D eigenvalue weighted by atomic mass is 10.3. The molecule has 94 valence electrons. The molecule has 0 spiro atoms. The van der Waals surface area contributed by atoms with Crippen LogP contribution in [-0.4, -0.2) is 35.0 Å². The first kappa shape index (κ1) is 13.2. The van der Waals surface area contributed by atoms with E-state index in [1.807, 2.05) is 6.92 Å². The molecule has 7 nitrogen and oxygen atoms in total. The van der Waals surface area contributed by atoms with Crippen LogP contribution in [0.5, 0.6) is 0 Å². The Kier molecular flexibility index (Phi) is 4.22. The SMILES string of the molecule is CNC(C)CNC(=O)c1ccc([N+](=O)[O-])n1C. The van der Waals surface area contributed by atoms with Crippen molar-refractivity contribution < 1.29 is 9.72 Å². The van der Waals surface area contributed by atoms with Gasteiger partial charge >= 0.3 is 5.82 Å². The number of nitrogens with zero attached hydrogens (tertiary/aromatic N) is 2. The molecule has 1 aromatic rings. The summed E-state index contributed by atoms with van der Waals surface area (Å²) in [6.07, 6.45) is 0. The molecule has 1 atom stereocenters. The summed E-state index contributed by atoms with van der Waals surface area (Å²) >= 11 is 0. The summed E-state index contributed by atoms with van der Waals surface area (Å²) in [4.78, 5) is 21.8. The van der Waals surface area contributed by atoms with Gasteiger partial charge in [0, 0.05) is 18.7 Å². The molecule has 1 unspecified atom stereocenters. The van der Waals surface area contributed by atoms with E-state index in [-0.39, 0.29) is 23.5 Å². The molecule has 0 aliphatic rings. The number of aromatic nitrogens is 1. The smallest absolute Gasteiger partial charge is 0.323 e. The van der Waals surface area contributed by atoms with Crippen molar-refractivity contribution in [3.05, 3.63) is 27.9 Å². The maximum atomic E-state index is 11.7. The third-order valence-electron chi connectivity index (χ3n) is 2.58. The van der Waals surface area contributed by atoms with Crippen molar-refractivity contribution in [3.63, 3.8) is 0 Å². The minimum atomic E-state index is -0.521. The van der Waals surface area contributed by atoms with Gasteiger partial charge < -0.3 is 20.7 Å². The highest BCUT2D eigenvalue weighted by atomic mass is 16.6. The molecular weight excluding hydrogens is 224 g/mol. The molecule has 2 N–H and O–H groups in total. The number of hydrogen-bond donors (Lipinski definition) is 2. The summed E-state index contributed by atoms with van der Waals surface area (Å²) in [5.41, 5.74) is 0.278. The number of carbonyl (C=O) groups excluding carboxylic acids is 1. The molecule has 0 radical (unpaired) electrons. The average molecular weight is 240 g/mol. The Morgan fingerprint density at radius 3 is 2.71 bits per heavy atom. The number of carbonyl (C=O) groups is 1. The first-order chi connectivity index (χ1) is 7.97. The largest absolute Gasteiger partial charge is 0.358 e. The normalized spacial score (nSPS) is 12.2. The molecule has 0 bridgehead atoms. The van der Waals surface area contributed by atoms with Crippen molar-refractivity contribution >= 4 is 11.7 Å². The van der Waals surface area contributed by atoms with Crippen LogP contribution in [-0.2, 0) is 7.05 Å². The number of rotatable bonds is 5. The molecular formula is C10H16N4O3. The van der Waals surface area contributed by atoms with E-state index in [0.29, 0.717) is 6.54 Å². The molecule has 0 fully saturated rings. The fourth-order valence-electron chi connectivity index (χ4n) is 1.35. The van der Waals surface area contributed by atoms with Crippen molar-refractivity contribution in [1.29, 1.82) is 0 Å². The van der Waals surface area contributed by atoms with E-state index >= 15 is 0 Å². The second-order valence-electron chi connectivity index (χ2n) is 3.79. The van der Waals surface area contributed by atoms with E-state index < -0.39 is 4.92 Å². The fraction of sp³-hybridized carbons (Fsp3) is 0.500. The predicted molar refractivity (Wildman–Crippen MR) is 62.9 cm³/mol. The third-order valence-corrected chi connectivity index (χ3v) is 2.58. The van der Waals surface area contributed by atoms with Gasteiger partial charge in [-0.05, 0) is 25.0 Å². The minimum Gasteiger partial charge on any atom is -0.358 e. The first-order valence-electron chi connectivity index (χ1n) is 5.23. The summed E-state index contributed by atoms with van der Waals surface area (Å²) in [6.45, 7) is 2.39. The predicted octanol–water partition coefficient (Wildman–Crippen LogP) is 0.271. The van der Waals surface area contributed by atoms with Gasteiger partial charge in [-0.15, -0.1) is 0 Å². The zero-order valence-electron chi connectivity index (χ0n) is 10.1. The third kappa shape index (κ3) is 3.04. The summed E-state index contributed by atoms with van der Waals surface area (Å²) in [5.74, 6) is -0.417. The first-order valence-corrected chi connectivity index (χ1v) is 5.23. The van der Waals surface area contributed by atoms with E-state index in [4.69, 9.17) is 0 Å².